The first-order valence-corrected chi connectivity index (χ1v) is 8.16. The van der Waals surface area contributed by atoms with Crippen LogP contribution in [0, 0.1) is 0 Å². The van der Waals surface area contributed by atoms with Gasteiger partial charge in [0.2, 0.25) is 0 Å². The molecule has 1 aromatic rings. The van der Waals surface area contributed by atoms with E-state index in [2.05, 4.69) is 5.32 Å². The largest absolute Gasteiger partial charge is 0.444 e. The third-order valence-corrected chi connectivity index (χ3v) is 3.77. The van der Waals surface area contributed by atoms with E-state index in [1.165, 1.54) is 0 Å². The van der Waals surface area contributed by atoms with Gasteiger partial charge in [-0.1, -0.05) is 30.3 Å². The van der Waals surface area contributed by atoms with E-state index in [4.69, 9.17) is 9.47 Å². The van der Waals surface area contributed by atoms with E-state index >= 15 is 0 Å². The molecule has 0 aliphatic heterocycles. The minimum Gasteiger partial charge on any atom is -0.444 e. The number of benzene rings is 1. The molecule has 1 aliphatic rings. The lowest BCUT2D eigenvalue weighted by Gasteiger charge is -2.35. The van der Waals surface area contributed by atoms with E-state index in [1.54, 1.807) is 0 Å². The molecule has 0 bridgehead atoms. The van der Waals surface area contributed by atoms with Crippen molar-refractivity contribution in [2.24, 2.45) is 0 Å². The summed E-state index contributed by atoms with van der Waals surface area (Å²) in [5.41, 5.74) is 0.544. The summed E-state index contributed by atoms with van der Waals surface area (Å²) in [6.07, 6.45) is 0.824. The molecule has 0 spiro atoms. The first-order valence-electron chi connectivity index (χ1n) is 8.16. The van der Waals surface area contributed by atoms with Gasteiger partial charge in [-0.25, -0.2) is 4.79 Å². The van der Waals surface area contributed by atoms with Gasteiger partial charge in [0.15, 0.2) is 0 Å². The van der Waals surface area contributed by atoms with E-state index in [-0.39, 0.29) is 18.2 Å². The molecular formula is C18H27NO4. The number of alkyl carbamates (subject to hydrolysis) is 1. The van der Waals surface area contributed by atoms with Crippen molar-refractivity contribution in [3.05, 3.63) is 35.9 Å². The zero-order valence-electron chi connectivity index (χ0n) is 14.1. The SMILES string of the molecule is CC(C)(C)OC(=O)N[C@@H]1CCC(O)C[C@H]1OCc1ccccc1. The minimum absolute atomic E-state index is 0.142. The Morgan fingerprint density at radius 3 is 2.61 bits per heavy atom. The first kappa shape index (κ1) is 17.8. The van der Waals surface area contributed by atoms with Crippen molar-refractivity contribution in [2.45, 2.75) is 70.5 Å². The zero-order valence-corrected chi connectivity index (χ0v) is 14.1. The second kappa shape index (κ2) is 7.79. The zero-order chi connectivity index (χ0) is 16.9. The molecule has 0 aromatic heterocycles. The number of hydrogen-bond acceptors (Lipinski definition) is 4. The first-order chi connectivity index (χ1) is 10.8. The number of rotatable bonds is 4. The van der Waals surface area contributed by atoms with Crippen LogP contribution in [0.4, 0.5) is 4.79 Å². The highest BCUT2D eigenvalue weighted by atomic mass is 16.6. The predicted octanol–water partition coefficient (Wildman–Crippen LogP) is 3.01. The van der Waals surface area contributed by atoms with Gasteiger partial charge in [0.25, 0.3) is 0 Å². The standard InChI is InChI=1S/C18H27NO4/c1-18(2,3)23-17(21)19-15-10-9-14(20)11-16(15)22-12-13-7-5-4-6-8-13/h4-8,14-16,20H,9-12H2,1-3H3,(H,19,21)/t14?,15-,16-/m1/s1. The number of hydrogen-bond donors (Lipinski definition) is 2. The molecule has 3 atom stereocenters. The van der Waals surface area contributed by atoms with Gasteiger partial charge in [0, 0.05) is 6.42 Å². The molecule has 5 nitrogen and oxygen atoms in total. The van der Waals surface area contributed by atoms with Crippen molar-refractivity contribution in [2.75, 3.05) is 0 Å². The molecule has 1 unspecified atom stereocenters. The Bertz CT molecular complexity index is 497. The van der Waals surface area contributed by atoms with E-state index < -0.39 is 11.7 Å². The van der Waals surface area contributed by atoms with Crippen LogP contribution in [0.2, 0.25) is 0 Å². The van der Waals surface area contributed by atoms with Gasteiger partial charge in [-0.3, -0.25) is 0 Å². The molecule has 1 saturated carbocycles. The maximum atomic E-state index is 12.0. The second-order valence-corrected chi connectivity index (χ2v) is 7.05. The molecule has 2 N–H and O–H groups in total. The fourth-order valence-corrected chi connectivity index (χ4v) is 2.69. The van der Waals surface area contributed by atoms with E-state index in [0.717, 1.165) is 5.56 Å². The summed E-state index contributed by atoms with van der Waals surface area (Å²) in [5, 5.41) is 12.8. The van der Waals surface area contributed by atoms with Crippen molar-refractivity contribution in [3.8, 4) is 0 Å². The number of nitrogens with one attached hydrogen (secondary N) is 1. The molecule has 128 valence electrons. The Kier molecular flexibility index (Phi) is 6.02. The highest BCUT2D eigenvalue weighted by molar-refractivity contribution is 5.68. The van der Waals surface area contributed by atoms with Crippen molar-refractivity contribution < 1.29 is 19.4 Å². The fraction of sp³-hybridized carbons (Fsp3) is 0.611. The number of carbonyl (C=O) groups is 1. The summed E-state index contributed by atoms with van der Waals surface area (Å²) in [6, 6.07) is 9.73. The molecule has 5 heteroatoms. The van der Waals surface area contributed by atoms with Gasteiger partial charge in [-0.2, -0.15) is 0 Å². The summed E-state index contributed by atoms with van der Waals surface area (Å²) in [7, 11) is 0. The Morgan fingerprint density at radius 1 is 1.26 bits per heavy atom. The molecule has 0 radical (unpaired) electrons. The average Bonchev–Trinajstić information content (AvgIpc) is 2.46. The van der Waals surface area contributed by atoms with Crippen molar-refractivity contribution in [1.82, 2.24) is 5.32 Å². The van der Waals surface area contributed by atoms with Crippen LogP contribution in [0.5, 0.6) is 0 Å². The topological polar surface area (TPSA) is 67.8 Å². The predicted molar refractivity (Wildman–Crippen MR) is 88.0 cm³/mol. The summed E-state index contributed by atoms with van der Waals surface area (Å²) >= 11 is 0. The number of aliphatic hydroxyl groups is 1. The Labute approximate surface area is 138 Å². The van der Waals surface area contributed by atoms with Crippen LogP contribution in [0.15, 0.2) is 30.3 Å². The lowest BCUT2D eigenvalue weighted by Crippen LogP contribution is -2.50. The molecule has 0 heterocycles. The maximum absolute atomic E-state index is 12.0. The Balaban J connectivity index is 1.91. The third-order valence-electron chi connectivity index (χ3n) is 3.77. The van der Waals surface area contributed by atoms with Crippen LogP contribution in [0.3, 0.4) is 0 Å². The molecule has 1 fully saturated rings. The Morgan fingerprint density at radius 2 is 1.96 bits per heavy atom. The van der Waals surface area contributed by atoms with Gasteiger partial charge in [0.1, 0.15) is 5.60 Å². The fourth-order valence-electron chi connectivity index (χ4n) is 2.69. The molecule has 1 amide bonds. The monoisotopic (exact) mass is 321 g/mol. The lowest BCUT2D eigenvalue weighted by molar-refractivity contribution is -0.0444. The van der Waals surface area contributed by atoms with Crippen LogP contribution in [-0.2, 0) is 16.1 Å². The second-order valence-electron chi connectivity index (χ2n) is 7.05. The minimum atomic E-state index is -0.529. The number of ether oxygens (including phenoxy) is 2. The van der Waals surface area contributed by atoms with Crippen LogP contribution < -0.4 is 5.32 Å². The quantitative estimate of drug-likeness (QED) is 0.894. The molecular weight excluding hydrogens is 294 g/mol. The highest BCUT2D eigenvalue weighted by Gasteiger charge is 2.32. The molecule has 1 aromatic carbocycles. The van der Waals surface area contributed by atoms with Crippen LogP contribution in [-0.4, -0.2) is 35.1 Å². The summed E-state index contributed by atoms with van der Waals surface area (Å²) in [4.78, 5) is 12.0. The third kappa shape index (κ3) is 6.20. The molecule has 23 heavy (non-hydrogen) atoms. The van der Waals surface area contributed by atoms with Crippen LogP contribution in [0.25, 0.3) is 0 Å². The van der Waals surface area contributed by atoms with Gasteiger partial charge in [-0.05, 0) is 39.2 Å². The van der Waals surface area contributed by atoms with Crippen molar-refractivity contribution in [3.63, 3.8) is 0 Å². The van der Waals surface area contributed by atoms with Crippen molar-refractivity contribution >= 4 is 6.09 Å². The van der Waals surface area contributed by atoms with Gasteiger partial charge in [0.05, 0.1) is 24.9 Å². The highest BCUT2D eigenvalue weighted by Crippen LogP contribution is 2.23. The smallest absolute Gasteiger partial charge is 0.407 e. The Hall–Kier alpha value is -1.59. The van der Waals surface area contributed by atoms with E-state index in [9.17, 15) is 9.90 Å². The molecule has 2 rings (SSSR count). The number of aliphatic hydroxyl groups excluding tert-OH is 1. The summed E-state index contributed by atoms with van der Waals surface area (Å²) < 4.78 is 11.3. The molecule has 1 aliphatic carbocycles. The average molecular weight is 321 g/mol. The maximum Gasteiger partial charge on any atom is 0.407 e. The summed E-state index contributed by atoms with van der Waals surface area (Å²) in [5.74, 6) is 0. The summed E-state index contributed by atoms with van der Waals surface area (Å²) in [6.45, 7) is 5.96. The van der Waals surface area contributed by atoms with E-state index in [0.29, 0.717) is 25.9 Å². The van der Waals surface area contributed by atoms with Crippen LogP contribution in [0.1, 0.15) is 45.6 Å². The van der Waals surface area contributed by atoms with Crippen molar-refractivity contribution in [1.29, 1.82) is 0 Å². The van der Waals surface area contributed by atoms with Gasteiger partial charge < -0.3 is 19.9 Å². The van der Waals surface area contributed by atoms with E-state index in [1.807, 2.05) is 51.1 Å². The number of carbonyl (C=O) groups excluding carboxylic acids is 1. The normalized spacial score (nSPS) is 25.0. The molecule has 0 saturated heterocycles. The lowest BCUT2D eigenvalue weighted by atomic mass is 9.90. The van der Waals surface area contributed by atoms with Gasteiger partial charge >= 0.3 is 6.09 Å². The van der Waals surface area contributed by atoms with Crippen LogP contribution >= 0.6 is 0 Å². The van der Waals surface area contributed by atoms with Gasteiger partial charge in [-0.15, -0.1) is 0 Å². The number of amides is 1.